The summed E-state index contributed by atoms with van der Waals surface area (Å²) in [6.45, 7) is 2.67. The van der Waals surface area contributed by atoms with Gasteiger partial charge in [0.1, 0.15) is 6.61 Å². The Balaban J connectivity index is 1.73. The number of rotatable bonds is 2. The van der Waals surface area contributed by atoms with Gasteiger partial charge in [0.05, 0.1) is 6.10 Å². The highest BCUT2D eigenvalue weighted by Crippen LogP contribution is 2.06. The maximum Gasteiger partial charge on any atom is 0.108 e. The molecule has 0 bridgehead atoms. The van der Waals surface area contributed by atoms with Gasteiger partial charge in [0.2, 0.25) is 0 Å². The fourth-order valence-electron chi connectivity index (χ4n) is 1.78. The van der Waals surface area contributed by atoms with Crippen LogP contribution in [0.25, 0.3) is 0 Å². The van der Waals surface area contributed by atoms with E-state index in [0.29, 0.717) is 12.7 Å². The zero-order valence-corrected chi connectivity index (χ0v) is 9.41. The smallest absolute Gasteiger partial charge is 0.108 e. The fraction of sp³-hybridized carbons (Fsp3) is 0.429. The van der Waals surface area contributed by atoms with Crippen LogP contribution in [0.15, 0.2) is 30.3 Å². The quantitative estimate of drug-likeness (QED) is 0.760. The lowest BCUT2D eigenvalue weighted by molar-refractivity contribution is 0.0548. The van der Waals surface area contributed by atoms with Gasteiger partial charge < -0.3 is 10.1 Å². The Morgan fingerprint density at radius 3 is 2.69 bits per heavy atom. The Morgan fingerprint density at radius 2 is 1.94 bits per heavy atom. The Bertz CT molecular complexity index is 357. The number of hydrogen-bond acceptors (Lipinski definition) is 2. The van der Waals surface area contributed by atoms with E-state index in [1.54, 1.807) is 0 Å². The highest BCUT2D eigenvalue weighted by molar-refractivity contribution is 5.33. The molecule has 0 unspecified atom stereocenters. The van der Waals surface area contributed by atoms with E-state index < -0.39 is 0 Å². The monoisotopic (exact) mass is 215 g/mol. The van der Waals surface area contributed by atoms with Crippen LogP contribution in [-0.4, -0.2) is 25.8 Å². The summed E-state index contributed by atoms with van der Waals surface area (Å²) in [5.41, 5.74) is 1.05. The summed E-state index contributed by atoms with van der Waals surface area (Å²) in [6, 6.07) is 10.0. The Kier molecular flexibility index (Phi) is 4.42. The van der Waals surface area contributed by atoms with Crippen molar-refractivity contribution in [1.82, 2.24) is 5.32 Å². The summed E-state index contributed by atoms with van der Waals surface area (Å²) in [6.07, 6.45) is 2.60. The molecule has 84 valence electrons. The van der Waals surface area contributed by atoms with Gasteiger partial charge in [-0.2, -0.15) is 0 Å². The number of ether oxygens (including phenoxy) is 1. The zero-order chi connectivity index (χ0) is 11.1. The molecular weight excluding hydrogens is 198 g/mol. The molecule has 1 aromatic carbocycles. The van der Waals surface area contributed by atoms with Gasteiger partial charge in [-0.05, 0) is 38.1 Å². The second-order valence-electron chi connectivity index (χ2n) is 3.93. The molecule has 2 nitrogen and oxygen atoms in total. The van der Waals surface area contributed by atoms with E-state index in [-0.39, 0.29) is 0 Å². The number of hydrogen-bond donors (Lipinski definition) is 1. The van der Waals surface area contributed by atoms with Gasteiger partial charge >= 0.3 is 0 Å². The Morgan fingerprint density at radius 1 is 1.19 bits per heavy atom. The minimum Gasteiger partial charge on any atom is -0.365 e. The van der Waals surface area contributed by atoms with E-state index in [9.17, 15) is 0 Å². The van der Waals surface area contributed by atoms with Crippen LogP contribution >= 0.6 is 0 Å². The van der Waals surface area contributed by atoms with Crippen molar-refractivity contribution in [3.05, 3.63) is 35.9 Å². The van der Waals surface area contributed by atoms with Crippen molar-refractivity contribution in [3.63, 3.8) is 0 Å². The summed E-state index contributed by atoms with van der Waals surface area (Å²) in [5.74, 6) is 6.15. The molecule has 2 heteroatoms. The summed E-state index contributed by atoms with van der Waals surface area (Å²) in [7, 11) is 0. The molecule has 0 amide bonds. The predicted molar refractivity (Wildman–Crippen MR) is 65.2 cm³/mol. The van der Waals surface area contributed by atoms with Crippen molar-refractivity contribution in [2.45, 2.75) is 18.9 Å². The highest BCUT2D eigenvalue weighted by Gasteiger charge is 2.11. The maximum atomic E-state index is 5.69. The van der Waals surface area contributed by atoms with Crippen molar-refractivity contribution < 1.29 is 4.74 Å². The van der Waals surface area contributed by atoms with E-state index in [1.165, 1.54) is 0 Å². The molecule has 1 N–H and O–H groups in total. The van der Waals surface area contributed by atoms with E-state index in [1.807, 2.05) is 30.3 Å². The van der Waals surface area contributed by atoms with Gasteiger partial charge in [0.15, 0.2) is 0 Å². The van der Waals surface area contributed by atoms with Crippen LogP contribution in [0.3, 0.4) is 0 Å². The lowest BCUT2D eigenvalue weighted by Gasteiger charge is -2.21. The molecule has 1 aliphatic rings. The molecule has 1 fully saturated rings. The Labute approximate surface area is 97.0 Å². The van der Waals surface area contributed by atoms with Crippen LogP contribution in [0.1, 0.15) is 18.4 Å². The molecule has 1 aromatic rings. The lowest BCUT2D eigenvalue weighted by atomic mass is 10.1. The molecule has 1 saturated heterocycles. The largest absolute Gasteiger partial charge is 0.365 e. The number of benzene rings is 1. The van der Waals surface area contributed by atoms with Crippen molar-refractivity contribution in [3.8, 4) is 11.8 Å². The second kappa shape index (κ2) is 6.32. The van der Waals surface area contributed by atoms with E-state index in [2.05, 4.69) is 17.2 Å². The van der Waals surface area contributed by atoms with Crippen LogP contribution < -0.4 is 5.32 Å². The summed E-state index contributed by atoms with van der Waals surface area (Å²) < 4.78 is 5.69. The van der Waals surface area contributed by atoms with Gasteiger partial charge in [0, 0.05) is 5.56 Å². The molecular formula is C14H17NO. The number of nitrogens with one attached hydrogen (secondary N) is 1. The standard InChI is InChI=1S/C14H17NO/c1-2-5-13(6-3-1)7-4-12-16-14-8-10-15-11-9-14/h1-3,5-6,14-15H,8-12H2. The van der Waals surface area contributed by atoms with Crippen molar-refractivity contribution in [1.29, 1.82) is 0 Å². The first-order valence-electron chi connectivity index (χ1n) is 5.81. The van der Waals surface area contributed by atoms with Gasteiger partial charge in [0.25, 0.3) is 0 Å². The molecule has 2 rings (SSSR count). The summed E-state index contributed by atoms with van der Waals surface area (Å²) >= 11 is 0. The molecule has 0 atom stereocenters. The average molecular weight is 215 g/mol. The minimum absolute atomic E-state index is 0.395. The first kappa shape index (κ1) is 11.2. The highest BCUT2D eigenvalue weighted by atomic mass is 16.5. The van der Waals surface area contributed by atoms with Crippen LogP contribution in [0.5, 0.6) is 0 Å². The van der Waals surface area contributed by atoms with Crippen LogP contribution in [-0.2, 0) is 4.74 Å². The van der Waals surface area contributed by atoms with E-state index in [0.717, 1.165) is 31.5 Å². The zero-order valence-electron chi connectivity index (χ0n) is 9.41. The van der Waals surface area contributed by atoms with Gasteiger partial charge in [-0.25, -0.2) is 0 Å². The summed E-state index contributed by atoms with van der Waals surface area (Å²) in [4.78, 5) is 0. The molecule has 0 spiro atoms. The summed E-state index contributed by atoms with van der Waals surface area (Å²) in [5, 5.41) is 3.31. The molecule has 0 aromatic heterocycles. The predicted octanol–water partition coefficient (Wildman–Crippen LogP) is 1.81. The fourth-order valence-corrected chi connectivity index (χ4v) is 1.78. The van der Waals surface area contributed by atoms with Gasteiger partial charge in [-0.3, -0.25) is 0 Å². The van der Waals surface area contributed by atoms with Crippen molar-refractivity contribution in [2.24, 2.45) is 0 Å². The first-order chi connectivity index (χ1) is 7.95. The van der Waals surface area contributed by atoms with Crippen molar-refractivity contribution >= 4 is 0 Å². The Hall–Kier alpha value is -1.30. The van der Waals surface area contributed by atoms with Gasteiger partial charge in [-0.15, -0.1) is 0 Å². The third kappa shape index (κ3) is 3.69. The average Bonchev–Trinajstić information content (AvgIpc) is 2.37. The molecule has 0 radical (unpaired) electrons. The second-order valence-corrected chi connectivity index (χ2v) is 3.93. The lowest BCUT2D eigenvalue weighted by Crippen LogP contribution is -2.32. The molecule has 16 heavy (non-hydrogen) atoms. The topological polar surface area (TPSA) is 21.3 Å². The normalized spacial score (nSPS) is 16.5. The molecule has 1 heterocycles. The first-order valence-corrected chi connectivity index (χ1v) is 5.81. The number of piperidine rings is 1. The third-order valence-corrected chi connectivity index (χ3v) is 2.68. The van der Waals surface area contributed by atoms with Crippen molar-refractivity contribution in [2.75, 3.05) is 19.7 Å². The molecule has 0 saturated carbocycles. The van der Waals surface area contributed by atoms with E-state index >= 15 is 0 Å². The SMILES string of the molecule is C(#Cc1ccccc1)COC1CCNCC1. The third-order valence-electron chi connectivity index (χ3n) is 2.68. The van der Waals surface area contributed by atoms with Crippen LogP contribution in [0, 0.1) is 11.8 Å². The van der Waals surface area contributed by atoms with E-state index in [4.69, 9.17) is 4.74 Å². The molecule has 0 aliphatic carbocycles. The van der Waals surface area contributed by atoms with Gasteiger partial charge in [-0.1, -0.05) is 30.0 Å². The van der Waals surface area contributed by atoms with Crippen LogP contribution in [0.4, 0.5) is 0 Å². The van der Waals surface area contributed by atoms with Crippen LogP contribution in [0.2, 0.25) is 0 Å². The maximum absolute atomic E-state index is 5.69. The molecule has 1 aliphatic heterocycles. The minimum atomic E-state index is 0.395.